The number of allylic oxidation sites excluding steroid dienone is 7. The third kappa shape index (κ3) is 15.1. The number of hydrogen-bond acceptors (Lipinski definition) is 4. The van der Waals surface area contributed by atoms with Crippen molar-refractivity contribution in [3.63, 3.8) is 0 Å². The average Bonchev–Trinajstić information content (AvgIpc) is 2.59. The quantitative estimate of drug-likeness (QED) is 0.347. The molecule has 0 aliphatic heterocycles. The first-order valence-corrected chi connectivity index (χ1v) is 11.9. The Morgan fingerprint density at radius 3 is 1.66 bits per heavy atom. The van der Waals surface area contributed by atoms with Crippen LogP contribution in [-0.4, -0.2) is 18.1 Å². The molecule has 0 bridgehead atoms. The van der Waals surface area contributed by atoms with Gasteiger partial charge in [-0.05, 0) is 80.1 Å². The number of rotatable bonds is 13. The van der Waals surface area contributed by atoms with E-state index in [4.69, 9.17) is 0 Å². The van der Waals surface area contributed by atoms with Gasteiger partial charge in [-0.3, -0.25) is 4.79 Å². The minimum Gasteiger partial charge on any atom is -0.810 e. The summed E-state index contributed by atoms with van der Waals surface area (Å²) in [7, 11) is -4.88. The Labute approximate surface area is 177 Å². The van der Waals surface area contributed by atoms with Crippen molar-refractivity contribution in [2.24, 2.45) is 0 Å². The van der Waals surface area contributed by atoms with Crippen LogP contribution in [0.4, 0.5) is 0 Å². The molecule has 0 fully saturated rings. The predicted molar refractivity (Wildman–Crippen MR) is 118 cm³/mol. The lowest BCUT2D eigenvalue weighted by atomic mass is 10.0. The van der Waals surface area contributed by atoms with Crippen LogP contribution in [0, 0.1) is 0 Å². The number of nitrogens with one attached hydrogen (secondary N) is 1. The monoisotopic (exact) mass is 423 g/mol. The second-order valence-electron chi connectivity index (χ2n) is 8.01. The van der Waals surface area contributed by atoms with Crippen molar-refractivity contribution in [3.05, 3.63) is 46.6 Å². The molecular formula is C23H38NO4P-2. The van der Waals surface area contributed by atoms with E-state index in [1.165, 1.54) is 16.7 Å². The second kappa shape index (κ2) is 14.5. The summed E-state index contributed by atoms with van der Waals surface area (Å²) in [5.41, 5.74) is 3.76. The van der Waals surface area contributed by atoms with E-state index in [9.17, 15) is 19.1 Å². The van der Waals surface area contributed by atoms with Crippen molar-refractivity contribution < 1.29 is 19.1 Å². The second-order valence-corrected chi connectivity index (χ2v) is 9.86. The minimum atomic E-state index is -4.88. The molecule has 0 aromatic rings. The summed E-state index contributed by atoms with van der Waals surface area (Å²) in [6, 6.07) is 0. The molecule has 1 amide bonds. The van der Waals surface area contributed by atoms with Gasteiger partial charge >= 0.3 is 0 Å². The molecule has 1 N–H and O–H groups in total. The molecule has 0 radical (unpaired) electrons. The molecule has 29 heavy (non-hydrogen) atoms. The Balaban J connectivity index is 4.17. The summed E-state index contributed by atoms with van der Waals surface area (Å²) < 4.78 is 10.8. The fraction of sp³-hybridized carbons (Fsp3) is 0.609. The maximum absolute atomic E-state index is 11.6. The Morgan fingerprint density at radius 1 is 0.828 bits per heavy atom. The van der Waals surface area contributed by atoms with E-state index in [-0.39, 0.29) is 6.54 Å². The van der Waals surface area contributed by atoms with Crippen LogP contribution in [0.1, 0.15) is 80.1 Å². The van der Waals surface area contributed by atoms with Gasteiger partial charge in [0.2, 0.25) is 5.91 Å². The zero-order valence-electron chi connectivity index (χ0n) is 18.9. The van der Waals surface area contributed by atoms with E-state index < -0.39 is 19.2 Å². The lowest BCUT2D eigenvalue weighted by Gasteiger charge is -2.34. The normalized spacial score (nSPS) is 14.6. The summed E-state index contributed by atoms with van der Waals surface area (Å²) in [5, 5.41) is 2.47. The number of hydrogen-bond donors (Lipinski definition) is 1. The van der Waals surface area contributed by atoms with E-state index in [0.29, 0.717) is 0 Å². The molecule has 6 heteroatoms. The van der Waals surface area contributed by atoms with Crippen LogP contribution in [0.2, 0.25) is 0 Å². The molecule has 1 unspecified atom stereocenters. The van der Waals surface area contributed by atoms with Gasteiger partial charge in [-0.1, -0.05) is 54.2 Å². The standard InChI is InChI=1S/C23H40NO4P/c1-18(2)10-7-11-19(3)12-8-13-20(4)14-9-15-21(5)16-17-24-23(25)22(6)29(26,27)28/h10,12,14,16,22H,7-9,11,13,15,17H2,1-6H3,(H,24,25)(H2,26,27,28)/p-2/b19-12+,20-14+,21-16+. The molecule has 0 aromatic carbocycles. The number of carbonyl (C=O) groups excluding carboxylic acids is 1. The van der Waals surface area contributed by atoms with Crippen LogP contribution < -0.4 is 15.1 Å². The van der Waals surface area contributed by atoms with Crippen LogP contribution in [0.25, 0.3) is 0 Å². The largest absolute Gasteiger partial charge is 0.810 e. The molecule has 0 spiro atoms. The molecule has 5 nitrogen and oxygen atoms in total. The summed E-state index contributed by atoms with van der Waals surface area (Å²) >= 11 is 0. The Kier molecular flexibility index (Phi) is 13.8. The Morgan fingerprint density at radius 2 is 1.24 bits per heavy atom. The highest BCUT2D eigenvalue weighted by Crippen LogP contribution is 2.30. The van der Waals surface area contributed by atoms with E-state index >= 15 is 0 Å². The van der Waals surface area contributed by atoms with E-state index in [1.807, 2.05) is 13.0 Å². The summed E-state index contributed by atoms with van der Waals surface area (Å²) in [6.07, 6.45) is 14.9. The van der Waals surface area contributed by atoms with E-state index in [0.717, 1.165) is 51.0 Å². The first-order valence-electron chi connectivity index (χ1n) is 10.3. The van der Waals surface area contributed by atoms with Crippen LogP contribution in [0.5, 0.6) is 0 Å². The lowest BCUT2D eigenvalue weighted by molar-refractivity contribution is -0.315. The maximum atomic E-state index is 11.6. The highest BCUT2D eigenvalue weighted by Gasteiger charge is 2.15. The molecule has 1 atom stereocenters. The minimum absolute atomic E-state index is 0.231. The Bertz CT molecular complexity index is 679. The molecule has 0 aliphatic carbocycles. The lowest BCUT2D eigenvalue weighted by Crippen LogP contribution is -2.38. The molecule has 0 saturated carbocycles. The maximum Gasteiger partial charge on any atom is 0.228 e. The van der Waals surface area contributed by atoms with E-state index in [1.54, 1.807) is 0 Å². The summed E-state index contributed by atoms with van der Waals surface area (Å²) in [4.78, 5) is 33.3. The van der Waals surface area contributed by atoms with Crippen molar-refractivity contribution in [1.82, 2.24) is 5.32 Å². The molecule has 0 rings (SSSR count). The zero-order chi connectivity index (χ0) is 22.4. The van der Waals surface area contributed by atoms with Crippen LogP contribution >= 0.6 is 7.60 Å². The van der Waals surface area contributed by atoms with Gasteiger partial charge in [0.25, 0.3) is 0 Å². The highest BCUT2D eigenvalue weighted by molar-refractivity contribution is 7.50. The molecule has 0 aliphatic rings. The topological polar surface area (TPSA) is 92.3 Å². The van der Waals surface area contributed by atoms with Crippen molar-refractivity contribution >= 4 is 13.5 Å². The van der Waals surface area contributed by atoms with Gasteiger partial charge in [0, 0.05) is 6.54 Å². The third-order valence-corrected chi connectivity index (χ3v) is 5.92. The number of carbonyl (C=O) groups is 1. The molecule has 0 heterocycles. The van der Waals surface area contributed by atoms with Gasteiger partial charge in [0.05, 0.1) is 5.66 Å². The fourth-order valence-corrected chi connectivity index (χ4v) is 2.98. The smallest absolute Gasteiger partial charge is 0.228 e. The molecule has 0 aromatic heterocycles. The van der Waals surface area contributed by atoms with Gasteiger partial charge in [0.1, 0.15) is 0 Å². The zero-order valence-corrected chi connectivity index (χ0v) is 19.8. The first kappa shape index (κ1) is 27.6. The fourth-order valence-electron chi connectivity index (χ4n) is 2.60. The number of amides is 1. The summed E-state index contributed by atoms with van der Waals surface area (Å²) in [6.45, 7) is 11.9. The Hall–Kier alpha value is -1.42. The predicted octanol–water partition coefficient (Wildman–Crippen LogP) is 4.55. The van der Waals surface area contributed by atoms with Gasteiger partial charge in [-0.15, -0.1) is 0 Å². The van der Waals surface area contributed by atoms with Crippen LogP contribution in [0.15, 0.2) is 46.6 Å². The van der Waals surface area contributed by atoms with Gasteiger partial charge in [-0.25, -0.2) is 0 Å². The van der Waals surface area contributed by atoms with Gasteiger partial charge < -0.3 is 19.7 Å². The van der Waals surface area contributed by atoms with Gasteiger partial charge in [-0.2, -0.15) is 0 Å². The molecule has 0 saturated heterocycles. The van der Waals surface area contributed by atoms with Crippen molar-refractivity contribution in [2.45, 2.75) is 85.7 Å². The van der Waals surface area contributed by atoms with Crippen LogP contribution in [-0.2, 0) is 9.36 Å². The summed E-state index contributed by atoms with van der Waals surface area (Å²) in [5.74, 6) is -0.748. The van der Waals surface area contributed by atoms with Crippen molar-refractivity contribution in [1.29, 1.82) is 0 Å². The average molecular weight is 424 g/mol. The van der Waals surface area contributed by atoms with Crippen LogP contribution in [0.3, 0.4) is 0 Å². The molecule has 166 valence electrons. The SMILES string of the molecule is CC(C)=CCC/C(C)=C/CC/C(C)=C/CC/C(C)=C/CNC(=O)C(C)P(=O)([O-])[O-]. The van der Waals surface area contributed by atoms with Crippen molar-refractivity contribution in [2.75, 3.05) is 6.54 Å². The van der Waals surface area contributed by atoms with E-state index in [2.05, 4.69) is 51.2 Å². The van der Waals surface area contributed by atoms with Crippen molar-refractivity contribution in [3.8, 4) is 0 Å². The highest BCUT2D eigenvalue weighted by atomic mass is 31.2. The third-order valence-electron chi connectivity index (χ3n) is 4.73. The first-order chi connectivity index (χ1) is 13.4. The van der Waals surface area contributed by atoms with Gasteiger partial charge in [0.15, 0.2) is 0 Å². The molecular weight excluding hydrogens is 385 g/mol.